The first-order valence-electron chi connectivity index (χ1n) is 11.0. The highest BCUT2D eigenvalue weighted by Crippen LogP contribution is 2.36. The number of carbonyl (C=O) groups excluding carboxylic acids is 4. The highest BCUT2D eigenvalue weighted by Gasteiger charge is 2.57. The van der Waals surface area contributed by atoms with Gasteiger partial charge in [0.1, 0.15) is 17.1 Å². The van der Waals surface area contributed by atoms with E-state index >= 15 is 0 Å². The van der Waals surface area contributed by atoms with Crippen molar-refractivity contribution in [2.24, 2.45) is 0 Å². The highest BCUT2D eigenvalue weighted by atomic mass is 16.6. The van der Waals surface area contributed by atoms with Crippen molar-refractivity contribution < 1.29 is 33.1 Å². The molecule has 1 aromatic carbocycles. The summed E-state index contributed by atoms with van der Waals surface area (Å²) in [5.74, 6) is -0.373. The molecule has 36 heavy (non-hydrogen) atoms. The summed E-state index contributed by atoms with van der Waals surface area (Å²) in [6, 6.07) is 7.63. The number of ether oxygens (including phenoxy) is 2. The second-order valence-electron chi connectivity index (χ2n) is 8.71. The fourth-order valence-electron chi connectivity index (χ4n) is 4.32. The molecule has 1 fully saturated rings. The van der Waals surface area contributed by atoms with Gasteiger partial charge in [0, 0.05) is 44.0 Å². The average molecular weight is 493 g/mol. The number of carbonyl (C=O) groups is 4. The molecule has 1 atom stereocenters. The fourth-order valence-corrected chi connectivity index (χ4v) is 4.32. The van der Waals surface area contributed by atoms with Crippen molar-refractivity contribution in [3.05, 3.63) is 59.6 Å². The predicted octanol–water partition coefficient (Wildman–Crippen LogP) is 1.90. The third kappa shape index (κ3) is 3.67. The van der Waals surface area contributed by atoms with Gasteiger partial charge in [0.25, 0.3) is 11.8 Å². The number of nitrogens with one attached hydrogen (secondary N) is 1. The summed E-state index contributed by atoms with van der Waals surface area (Å²) in [4.78, 5) is 59.4. The van der Waals surface area contributed by atoms with Crippen LogP contribution in [0.4, 0.5) is 9.59 Å². The molecule has 0 radical (unpaired) electrons. The molecule has 12 heteroatoms. The predicted molar refractivity (Wildman–Crippen MR) is 124 cm³/mol. The number of nitrogens with zero attached hydrogens (tertiary/aromatic N) is 4. The molecule has 1 N–H and O–H groups in total. The number of hydrogen-bond donors (Lipinski definition) is 1. The van der Waals surface area contributed by atoms with E-state index in [1.165, 1.54) is 31.0 Å². The van der Waals surface area contributed by atoms with Crippen molar-refractivity contribution in [3.8, 4) is 5.75 Å². The van der Waals surface area contributed by atoms with Crippen LogP contribution in [-0.2, 0) is 21.6 Å². The normalized spacial score (nSPS) is 19.0. The molecule has 1 saturated heterocycles. The van der Waals surface area contributed by atoms with Crippen LogP contribution in [0.1, 0.15) is 21.7 Å². The Morgan fingerprint density at radius 2 is 2.03 bits per heavy atom. The van der Waals surface area contributed by atoms with Crippen molar-refractivity contribution >= 4 is 34.9 Å². The van der Waals surface area contributed by atoms with Gasteiger partial charge in [-0.2, -0.15) is 0 Å². The van der Waals surface area contributed by atoms with Gasteiger partial charge in [-0.05, 0) is 29.8 Å². The van der Waals surface area contributed by atoms with Gasteiger partial charge in [0.15, 0.2) is 12.3 Å². The zero-order valence-corrected chi connectivity index (χ0v) is 19.8. The van der Waals surface area contributed by atoms with Crippen LogP contribution < -0.4 is 10.1 Å². The van der Waals surface area contributed by atoms with E-state index in [1.807, 2.05) is 0 Å². The van der Waals surface area contributed by atoms with Gasteiger partial charge in [0.05, 0.1) is 13.7 Å². The lowest BCUT2D eigenvalue weighted by Crippen LogP contribution is -2.52. The molecule has 2 aliphatic rings. The van der Waals surface area contributed by atoms with Gasteiger partial charge in [-0.25, -0.2) is 14.5 Å². The minimum absolute atomic E-state index is 0.131. The van der Waals surface area contributed by atoms with Crippen LogP contribution in [-0.4, -0.2) is 78.1 Å². The minimum Gasteiger partial charge on any atom is -0.497 e. The number of urea groups is 1. The van der Waals surface area contributed by atoms with Crippen LogP contribution in [0, 0.1) is 0 Å². The number of methoxy groups -OCH3 is 1. The van der Waals surface area contributed by atoms with Crippen molar-refractivity contribution in [2.75, 3.05) is 34.5 Å². The Labute approximate surface area is 205 Å². The van der Waals surface area contributed by atoms with Gasteiger partial charge in [-0.3, -0.25) is 14.6 Å². The molecule has 4 heterocycles. The van der Waals surface area contributed by atoms with Gasteiger partial charge >= 0.3 is 12.1 Å². The molecular weight excluding hydrogens is 470 g/mol. The summed E-state index contributed by atoms with van der Waals surface area (Å²) >= 11 is 0. The van der Waals surface area contributed by atoms with Crippen molar-refractivity contribution in [1.29, 1.82) is 0 Å². The van der Waals surface area contributed by atoms with Crippen molar-refractivity contribution in [1.82, 2.24) is 25.0 Å². The zero-order valence-electron chi connectivity index (χ0n) is 19.8. The Kier molecular flexibility index (Phi) is 5.50. The number of imide groups is 1. The number of furan rings is 1. The van der Waals surface area contributed by atoms with Crippen LogP contribution in [0.3, 0.4) is 0 Å². The lowest BCUT2D eigenvalue weighted by Gasteiger charge is -2.29. The van der Waals surface area contributed by atoms with Crippen LogP contribution in [0.2, 0.25) is 0 Å². The summed E-state index contributed by atoms with van der Waals surface area (Å²) in [6.45, 7) is -0.587. The smallest absolute Gasteiger partial charge is 0.410 e. The Bertz CT molecular complexity index is 1370. The van der Waals surface area contributed by atoms with E-state index in [9.17, 15) is 19.2 Å². The SMILES string of the molecule is COc1ccc2c(c1)C(=O)N(C[C@@]1(c3cc4cnccc4o3)NC(=O)N(COC(=O)N(C)C)C1=O)C2. The molecule has 186 valence electrons. The quantitative estimate of drug-likeness (QED) is 0.515. The van der Waals surface area contributed by atoms with Crippen LogP contribution in [0.5, 0.6) is 5.75 Å². The summed E-state index contributed by atoms with van der Waals surface area (Å²) in [7, 11) is 4.47. The first-order valence-corrected chi connectivity index (χ1v) is 11.0. The third-order valence-corrected chi connectivity index (χ3v) is 6.22. The summed E-state index contributed by atoms with van der Waals surface area (Å²) in [5.41, 5.74) is -0.0765. The largest absolute Gasteiger partial charge is 0.497 e. The number of pyridine rings is 1. The van der Waals surface area contributed by atoms with Crippen molar-refractivity contribution in [3.63, 3.8) is 0 Å². The molecule has 2 aromatic heterocycles. The van der Waals surface area contributed by atoms with E-state index in [0.29, 0.717) is 22.3 Å². The summed E-state index contributed by atoms with van der Waals surface area (Å²) in [5, 5.41) is 3.31. The minimum atomic E-state index is -1.75. The number of hydrogen-bond acceptors (Lipinski definition) is 8. The van der Waals surface area contributed by atoms with E-state index in [4.69, 9.17) is 13.9 Å². The van der Waals surface area contributed by atoms with E-state index in [2.05, 4.69) is 10.3 Å². The molecule has 5 amide bonds. The monoisotopic (exact) mass is 493 g/mol. The first-order chi connectivity index (χ1) is 17.2. The number of aromatic nitrogens is 1. The summed E-state index contributed by atoms with van der Waals surface area (Å²) < 4.78 is 16.3. The lowest BCUT2D eigenvalue weighted by atomic mass is 9.95. The van der Waals surface area contributed by atoms with Gasteiger partial charge in [-0.15, -0.1) is 0 Å². The Hall–Kier alpha value is -4.61. The van der Waals surface area contributed by atoms with Gasteiger partial charge in [0.2, 0.25) is 0 Å². The molecule has 3 aromatic rings. The number of rotatable bonds is 6. The van der Waals surface area contributed by atoms with Crippen LogP contribution in [0.25, 0.3) is 11.0 Å². The molecule has 5 rings (SSSR count). The molecule has 0 unspecified atom stereocenters. The molecule has 0 bridgehead atoms. The number of amides is 5. The first kappa shape index (κ1) is 23.1. The average Bonchev–Trinajstić information content (AvgIpc) is 3.51. The Morgan fingerprint density at radius 1 is 1.22 bits per heavy atom. The molecule has 0 aliphatic carbocycles. The van der Waals surface area contributed by atoms with Crippen LogP contribution in [0.15, 0.2) is 47.1 Å². The van der Waals surface area contributed by atoms with Gasteiger partial charge in [-0.1, -0.05) is 6.07 Å². The molecule has 12 nitrogen and oxygen atoms in total. The van der Waals surface area contributed by atoms with E-state index < -0.39 is 30.3 Å². The Balaban J connectivity index is 1.51. The van der Waals surface area contributed by atoms with E-state index in [0.717, 1.165) is 10.5 Å². The molecular formula is C24H23N5O7. The zero-order chi connectivity index (χ0) is 25.6. The van der Waals surface area contributed by atoms with Gasteiger partial charge < -0.3 is 29.0 Å². The number of fused-ring (bicyclic) bond motifs is 2. The maximum absolute atomic E-state index is 13.8. The number of benzene rings is 1. The molecule has 0 spiro atoms. The molecule has 0 saturated carbocycles. The second-order valence-corrected chi connectivity index (χ2v) is 8.71. The Morgan fingerprint density at radius 3 is 2.75 bits per heavy atom. The van der Waals surface area contributed by atoms with Crippen LogP contribution >= 0.6 is 0 Å². The second kappa shape index (κ2) is 8.56. The fraction of sp³-hybridized carbons (Fsp3) is 0.292. The maximum atomic E-state index is 13.8. The van der Waals surface area contributed by atoms with E-state index in [-0.39, 0.29) is 24.8 Å². The topological polar surface area (TPSA) is 135 Å². The van der Waals surface area contributed by atoms with E-state index in [1.54, 1.807) is 42.7 Å². The molecule has 2 aliphatic heterocycles. The standard InChI is InChI=1S/C24H23N5O7/c1-27(2)23(33)35-13-29-21(31)24(26-22(29)32,19-8-15-10-25-7-6-18(15)36-19)12-28-11-14-4-5-16(34-3)9-17(14)20(28)30/h4-10H,11-13H2,1-3H3,(H,26,32)/t24-/m0/s1. The maximum Gasteiger partial charge on any atom is 0.410 e. The lowest BCUT2D eigenvalue weighted by molar-refractivity contribution is -0.135. The highest BCUT2D eigenvalue weighted by molar-refractivity contribution is 6.08. The summed E-state index contributed by atoms with van der Waals surface area (Å²) in [6.07, 6.45) is 2.39. The van der Waals surface area contributed by atoms with Crippen molar-refractivity contribution in [2.45, 2.75) is 12.1 Å². The third-order valence-electron chi connectivity index (χ3n) is 6.22.